The third-order valence-corrected chi connectivity index (χ3v) is 4.31. The Morgan fingerprint density at radius 2 is 2.14 bits per heavy atom. The summed E-state index contributed by atoms with van der Waals surface area (Å²) in [5, 5.41) is 3.51. The summed E-state index contributed by atoms with van der Waals surface area (Å²) < 4.78 is 18.3. The Bertz CT molecular complexity index is 455. The van der Waals surface area contributed by atoms with Gasteiger partial charge in [0.1, 0.15) is 12.2 Å². The number of hydrogen-bond acceptors (Lipinski definition) is 4. The number of para-hydroxylation sites is 1. The number of nitrogens with one attached hydrogen (secondary N) is 1. The lowest BCUT2D eigenvalue weighted by Crippen LogP contribution is -2.61. The van der Waals surface area contributed by atoms with Crippen molar-refractivity contribution in [3.8, 4) is 11.5 Å². The van der Waals surface area contributed by atoms with Crippen LogP contribution in [0.3, 0.4) is 0 Å². The van der Waals surface area contributed by atoms with Crippen LogP contribution < -0.4 is 14.8 Å². The second-order valence-electron chi connectivity index (χ2n) is 5.14. The quantitative estimate of drug-likeness (QED) is 0.773. The molecule has 5 heteroatoms. The molecule has 0 spiro atoms. The standard InChI is InChI=1S/C16H24BrNO3/c1-4-9-18-12-10-14(16(12)20-5-2)21-15-11(17)7-6-8-13(15)19-3/h6-8,12,14,16,18H,4-5,9-10H2,1-3H3. The highest BCUT2D eigenvalue weighted by molar-refractivity contribution is 9.10. The minimum Gasteiger partial charge on any atom is -0.493 e. The zero-order valence-electron chi connectivity index (χ0n) is 12.9. The zero-order valence-corrected chi connectivity index (χ0v) is 14.5. The largest absolute Gasteiger partial charge is 0.493 e. The monoisotopic (exact) mass is 357 g/mol. The molecule has 0 radical (unpaired) electrons. The van der Waals surface area contributed by atoms with Crippen LogP contribution in [-0.4, -0.2) is 38.5 Å². The molecule has 1 aliphatic carbocycles. The molecule has 1 N–H and O–H groups in total. The van der Waals surface area contributed by atoms with Gasteiger partial charge in [0.25, 0.3) is 0 Å². The molecule has 4 nitrogen and oxygen atoms in total. The van der Waals surface area contributed by atoms with Gasteiger partial charge in [-0.1, -0.05) is 13.0 Å². The highest BCUT2D eigenvalue weighted by Crippen LogP contribution is 2.39. The molecule has 0 saturated heterocycles. The summed E-state index contributed by atoms with van der Waals surface area (Å²) in [6.45, 7) is 5.90. The van der Waals surface area contributed by atoms with E-state index in [0.717, 1.165) is 35.4 Å². The van der Waals surface area contributed by atoms with Gasteiger partial charge in [0.05, 0.1) is 11.6 Å². The molecular weight excluding hydrogens is 334 g/mol. The highest BCUT2D eigenvalue weighted by atomic mass is 79.9. The van der Waals surface area contributed by atoms with Gasteiger partial charge in [0.2, 0.25) is 0 Å². The minimum atomic E-state index is 0.0620. The van der Waals surface area contributed by atoms with Crippen molar-refractivity contribution in [1.82, 2.24) is 5.32 Å². The van der Waals surface area contributed by atoms with Crippen LogP contribution in [0.4, 0.5) is 0 Å². The van der Waals surface area contributed by atoms with E-state index in [1.54, 1.807) is 7.11 Å². The molecule has 1 saturated carbocycles. The summed E-state index contributed by atoms with van der Waals surface area (Å²) in [5.41, 5.74) is 0. The maximum atomic E-state index is 6.14. The molecule has 0 aliphatic heterocycles. The fraction of sp³-hybridized carbons (Fsp3) is 0.625. The summed E-state index contributed by atoms with van der Waals surface area (Å²) in [5.74, 6) is 1.49. The van der Waals surface area contributed by atoms with E-state index in [1.807, 2.05) is 25.1 Å². The molecule has 3 atom stereocenters. The van der Waals surface area contributed by atoms with Crippen molar-refractivity contribution in [3.63, 3.8) is 0 Å². The first-order chi connectivity index (χ1) is 10.2. The minimum absolute atomic E-state index is 0.0620. The molecule has 1 aromatic carbocycles. The first-order valence-electron chi connectivity index (χ1n) is 7.55. The van der Waals surface area contributed by atoms with E-state index < -0.39 is 0 Å². The second-order valence-corrected chi connectivity index (χ2v) is 6.00. The maximum absolute atomic E-state index is 6.14. The molecule has 1 aliphatic rings. The van der Waals surface area contributed by atoms with Crippen molar-refractivity contribution < 1.29 is 14.2 Å². The van der Waals surface area contributed by atoms with Gasteiger partial charge in [0.15, 0.2) is 11.5 Å². The van der Waals surface area contributed by atoms with Crippen LogP contribution in [0, 0.1) is 0 Å². The lowest BCUT2D eigenvalue weighted by atomic mass is 9.85. The third-order valence-electron chi connectivity index (χ3n) is 3.68. The van der Waals surface area contributed by atoms with Crippen LogP contribution in [-0.2, 0) is 4.74 Å². The van der Waals surface area contributed by atoms with Crippen LogP contribution in [0.5, 0.6) is 11.5 Å². The smallest absolute Gasteiger partial charge is 0.175 e. The van der Waals surface area contributed by atoms with Gasteiger partial charge in [-0.3, -0.25) is 0 Å². The number of methoxy groups -OCH3 is 1. The Balaban J connectivity index is 2.03. The molecule has 0 bridgehead atoms. The zero-order chi connectivity index (χ0) is 15.2. The Morgan fingerprint density at radius 3 is 2.81 bits per heavy atom. The summed E-state index contributed by atoms with van der Waals surface area (Å²) in [6, 6.07) is 6.17. The normalized spacial score (nSPS) is 24.5. The van der Waals surface area contributed by atoms with Crippen molar-refractivity contribution in [2.75, 3.05) is 20.3 Å². The molecule has 0 aromatic heterocycles. The van der Waals surface area contributed by atoms with E-state index >= 15 is 0 Å². The molecular formula is C16H24BrNO3. The van der Waals surface area contributed by atoms with Crippen molar-refractivity contribution >= 4 is 15.9 Å². The van der Waals surface area contributed by atoms with Crippen molar-refractivity contribution in [2.24, 2.45) is 0 Å². The van der Waals surface area contributed by atoms with Gasteiger partial charge in [-0.2, -0.15) is 0 Å². The Morgan fingerprint density at radius 1 is 1.33 bits per heavy atom. The number of hydrogen-bond donors (Lipinski definition) is 1. The molecule has 1 fully saturated rings. The second kappa shape index (κ2) is 8.01. The molecule has 2 rings (SSSR count). The van der Waals surface area contributed by atoms with Gasteiger partial charge >= 0.3 is 0 Å². The van der Waals surface area contributed by atoms with Gasteiger partial charge in [-0.25, -0.2) is 0 Å². The molecule has 1 aromatic rings. The van der Waals surface area contributed by atoms with E-state index in [4.69, 9.17) is 14.2 Å². The predicted octanol–water partition coefficient (Wildman–Crippen LogP) is 3.38. The number of rotatable bonds is 8. The molecule has 118 valence electrons. The third kappa shape index (κ3) is 3.90. The van der Waals surface area contributed by atoms with Crippen molar-refractivity contribution in [3.05, 3.63) is 22.7 Å². The molecule has 21 heavy (non-hydrogen) atoms. The van der Waals surface area contributed by atoms with Gasteiger partial charge in [-0.05, 0) is 48.0 Å². The fourth-order valence-electron chi connectivity index (χ4n) is 2.56. The van der Waals surface area contributed by atoms with Gasteiger partial charge in [-0.15, -0.1) is 0 Å². The lowest BCUT2D eigenvalue weighted by Gasteiger charge is -2.44. The Kier molecular flexibility index (Phi) is 6.33. The average molecular weight is 358 g/mol. The van der Waals surface area contributed by atoms with E-state index in [9.17, 15) is 0 Å². The average Bonchev–Trinajstić information content (AvgIpc) is 2.48. The number of benzene rings is 1. The van der Waals surface area contributed by atoms with Crippen LogP contribution in [0.2, 0.25) is 0 Å². The Labute approximate surface area is 135 Å². The van der Waals surface area contributed by atoms with Crippen LogP contribution >= 0.6 is 15.9 Å². The fourth-order valence-corrected chi connectivity index (χ4v) is 3.00. The van der Waals surface area contributed by atoms with Crippen LogP contribution in [0.25, 0.3) is 0 Å². The molecule has 0 heterocycles. The number of ether oxygens (including phenoxy) is 3. The summed E-state index contributed by atoms with van der Waals surface area (Å²) in [4.78, 5) is 0. The van der Waals surface area contributed by atoms with Crippen LogP contribution in [0.1, 0.15) is 26.7 Å². The first-order valence-corrected chi connectivity index (χ1v) is 8.34. The summed E-state index contributed by atoms with van der Waals surface area (Å²) in [7, 11) is 1.65. The van der Waals surface area contributed by atoms with Gasteiger partial charge < -0.3 is 19.5 Å². The van der Waals surface area contributed by atoms with Crippen molar-refractivity contribution in [2.45, 2.75) is 44.9 Å². The van der Waals surface area contributed by atoms with E-state index in [0.29, 0.717) is 12.6 Å². The van der Waals surface area contributed by atoms with E-state index in [1.165, 1.54) is 0 Å². The lowest BCUT2D eigenvalue weighted by molar-refractivity contribution is -0.105. The first kappa shape index (κ1) is 16.6. The summed E-state index contributed by atoms with van der Waals surface area (Å²) >= 11 is 3.52. The highest BCUT2D eigenvalue weighted by Gasteiger charge is 2.43. The van der Waals surface area contributed by atoms with Crippen molar-refractivity contribution in [1.29, 1.82) is 0 Å². The summed E-state index contributed by atoms with van der Waals surface area (Å²) in [6.07, 6.45) is 2.24. The van der Waals surface area contributed by atoms with E-state index in [2.05, 4.69) is 28.2 Å². The van der Waals surface area contributed by atoms with Crippen LogP contribution in [0.15, 0.2) is 22.7 Å². The molecule has 0 amide bonds. The van der Waals surface area contributed by atoms with Gasteiger partial charge in [0, 0.05) is 19.1 Å². The maximum Gasteiger partial charge on any atom is 0.175 e. The molecule has 3 unspecified atom stereocenters. The van der Waals surface area contributed by atoms with E-state index in [-0.39, 0.29) is 12.2 Å². The Hall–Kier alpha value is -0.780. The SMILES string of the molecule is CCCNC1CC(Oc2c(Br)cccc2OC)C1OCC. The number of halogens is 1. The topological polar surface area (TPSA) is 39.7 Å². The predicted molar refractivity (Wildman–Crippen MR) is 87.2 cm³/mol.